The van der Waals surface area contributed by atoms with Crippen molar-refractivity contribution in [1.29, 1.82) is 0 Å². The Hall–Kier alpha value is -1.05. The predicted octanol–water partition coefficient (Wildman–Crippen LogP) is 2.16. The van der Waals surface area contributed by atoms with Crippen molar-refractivity contribution in [2.75, 3.05) is 25.3 Å². The van der Waals surface area contributed by atoms with Gasteiger partial charge in [-0.15, -0.1) is 10.2 Å². The minimum Gasteiger partial charge on any atom is -0.384 e. The second-order valence-electron chi connectivity index (χ2n) is 3.50. The van der Waals surface area contributed by atoms with Crippen LogP contribution in [-0.4, -0.2) is 34.3 Å². The summed E-state index contributed by atoms with van der Waals surface area (Å²) in [5.74, 6) is 7.43. The summed E-state index contributed by atoms with van der Waals surface area (Å²) in [7, 11) is 1.67. The van der Waals surface area contributed by atoms with E-state index in [-0.39, 0.29) is 0 Å². The van der Waals surface area contributed by atoms with Gasteiger partial charge < -0.3 is 10.6 Å². The van der Waals surface area contributed by atoms with Gasteiger partial charge >= 0.3 is 0 Å². The monoisotopic (exact) mass is 328 g/mol. The van der Waals surface area contributed by atoms with Crippen molar-refractivity contribution < 1.29 is 4.74 Å². The zero-order valence-electron chi connectivity index (χ0n) is 9.84. The van der Waals surface area contributed by atoms with Gasteiger partial charge in [0.15, 0.2) is 5.82 Å². The summed E-state index contributed by atoms with van der Waals surface area (Å²) >= 11 is 4.99. The lowest BCUT2D eigenvalue weighted by Gasteiger charge is -2.04. The minimum absolute atomic E-state index is 0.641. The van der Waals surface area contributed by atoms with Gasteiger partial charge in [-0.3, -0.25) is 0 Å². The first-order valence-corrected chi connectivity index (χ1v) is 7.09. The first-order valence-electron chi connectivity index (χ1n) is 5.31. The molecule has 0 radical (unpaired) electrons. The van der Waals surface area contributed by atoms with E-state index in [1.54, 1.807) is 7.11 Å². The first kappa shape index (κ1) is 13.4. The number of nitrogens with zero attached hydrogens (tertiary/aromatic N) is 3. The summed E-state index contributed by atoms with van der Waals surface area (Å²) in [5, 5.41) is 8.88. The molecule has 0 saturated heterocycles. The van der Waals surface area contributed by atoms with Crippen LogP contribution in [0.5, 0.6) is 0 Å². The normalized spacial score (nSPS) is 10.8. The Balaban J connectivity index is 2.23. The number of ether oxygens (including phenoxy) is 1. The van der Waals surface area contributed by atoms with E-state index in [0.717, 1.165) is 15.8 Å². The van der Waals surface area contributed by atoms with Gasteiger partial charge in [0.1, 0.15) is 0 Å². The molecule has 0 aliphatic carbocycles. The summed E-state index contributed by atoms with van der Waals surface area (Å²) in [6.07, 6.45) is 0. The van der Waals surface area contributed by atoms with Crippen molar-refractivity contribution in [2.24, 2.45) is 0 Å². The van der Waals surface area contributed by atoms with Gasteiger partial charge in [0.2, 0.25) is 5.16 Å². The number of hydrogen-bond acceptors (Lipinski definition) is 5. The number of aromatic nitrogens is 3. The molecule has 2 rings (SSSR count). The number of nitrogens with two attached hydrogens (primary N) is 1. The van der Waals surface area contributed by atoms with E-state index < -0.39 is 0 Å². The van der Waals surface area contributed by atoms with Crippen molar-refractivity contribution in [3.8, 4) is 11.4 Å². The molecule has 0 bridgehead atoms. The highest BCUT2D eigenvalue weighted by Crippen LogP contribution is 2.27. The highest BCUT2D eigenvalue weighted by molar-refractivity contribution is 9.10. The molecule has 0 amide bonds. The molecule has 1 aromatic carbocycles. The number of thioether (sulfide) groups is 1. The minimum atomic E-state index is 0.641. The van der Waals surface area contributed by atoms with Crippen LogP contribution < -0.4 is 5.84 Å². The van der Waals surface area contributed by atoms with Gasteiger partial charge in [0, 0.05) is 22.9 Å². The van der Waals surface area contributed by atoms with Gasteiger partial charge in [-0.1, -0.05) is 39.8 Å². The highest BCUT2D eigenvalue weighted by atomic mass is 79.9. The molecule has 7 heteroatoms. The lowest BCUT2D eigenvalue weighted by Crippen LogP contribution is -2.12. The van der Waals surface area contributed by atoms with Gasteiger partial charge in [-0.25, -0.2) is 4.68 Å². The predicted molar refractivity (Wildman–Crippen MR) is 75.9 cm³/mol. The number of methoxy groups -OCH3 is 1. The van der Waals surface area contributed by atoms with Crippen LogP contribution in [0.1, 0.15) is 0 Å². The Kier molecular flexibility index (Phi) is 4.62. The summed E-state index contributed by atoms with van der Waals surface area (Å²) in [5.41, 5.74) is 0.922. The Bertz CT molecular complexity index is 532. The van der Waals surface area contributed by atoms with Crippen LogP contribution in [0.2, 0.25) is 0 Å². The van der Waals surface area contributed by atoms with Crippen LogP contribution in [0.4, 0.5) is 0 Å². The molecule has 5 nitrogen and oxygen atoms in total. The van der Waals surface area contributed by atoms with Crippen molar-refractivity contribution >= 4 is 27.7 Å². The van der Waals surface area contributed by atoms with Gasteiger partial charge in [0.25, 0.3) is 0 Å². The van der Waals surface area contributed by atoms with E-state index in [1.165, 1.54) is 16.4 Å². The third kappa shape index (κ3) is 2.85. The maximum atomic E-state index is 6.00. The zero-order chi connectivity index (χ0) is 13.0. The molecule has 2 aromatic rings. The van der Waals surface area contributed by atoms with Gasteiger partial charge in [-0.05, 0) is 12.1 Å². The Labute approximate surface area is 118 Å². The number of nitrogen functional groups attached to an aromatic ring is 1. The molecule has 1 aromatic heterocycles. The van der Waals surface area contributed by atoms with E-state index >= 15 is 0 Å². The fourth-order valence-electron chi connectivity index (χ4n) is 1.42. The molecular weight excluding hydrogens is 316 g/mol. The van der Waals surface area contributed by atoms with Crippen molar-refractivity contribution in [3.63, 3.8) is 0 Å². The van der Waals surface area contributed by atoms with Gasteiger partial charge in [-0.2, -0.15) is 0 Å². The number of rotatable bonds is 5. The fourth-order valence-corrected chi connectivity index (χ4v) is 2.64. The van der Waals surface area contributed by atoms with E-state index in [2.05, 4.69) is 26.1 Å². The number of halogens is 1. The average molecular weight is 329 g/mol. The van der Waals surface area contributed by atoms with Crippen molar-refractivity contribution in [1.82, 2.24) is 14.9 Å². The highest BCUT2D eigenvalue weighted by Gasteiger charge is 2.13. The molecule has 0 spiro atoms. The molecule has 18 heavy (non-hydrogen) atoms. The Morgan fingerprint density at radius 1 is 1.39 bits per heavy atom. The molecule has 0 aliphatic rings. The largest absolute Gasteiger partial charge is 0.384 e. The van der Waals surface area contributed by atoms with Crippen molar-refractivity contribution in [2.45, 2.75) is 5.16 Å². The van der Waals surface area contributed by atoms with E-state index in [4.69, 9.17) is 10.6 Å². The molecule has 0 unspecified atom stereocenters. The summed E-state index contributed by atoms with van der Waals surface area (Å²) < 4.78 is 7.43. The van der Waals surface area contributed by atoms with Crippen LogP contribution in [0.25, 0.3) is 11.4 Å². The topological polar surface area (TPSA) is 66.0 Å². The van der Waals surface area contributed by atoms with E-state index in [0.29, 0.717) is 17.6 Å². The van der Waals surface area contributed by atoms with Crippen LogP contribution in [0.15, 0.2) is 33.9 Å². The molecule has 2 N–H and O–H groups in total. The molecule has 96 valence electrons. The van der Waals surface area contributed by atoms with Crippen LogP contribution >= 0.6 is 27.7 Å². The van der Waals surface area contributed by atoms with E-state index in [1.807, 2.05) is 24.3 Å². The lowest BCUT2D eigenvalue weighted by atomic mass is 10.2. The second kappa shape index (κ2) is 6.21. The number of benzene rings is 1. The maximum absolute atomic E-state index is 6.00. The second-order valence-corrected chi connectivity index (χ2v) is 5.41. The smallest absolute Gasteiger partial charge is 0.210 e. The average Bonchev–Trinajstić information content (AvgIpc) is 2.72. The molecular formula is C11H13BrN4OS. The molecule has 0 fully saturated rings. The van der Waals surface area contributed by atoms with Crippen LogP contribution in [0.3, 0.4) is 0 Å². The Morgan fingerprint density at radius 3 is 2.89 bits per heavy atom. The SMILES string of the molecule is COCCSc1nnc(-c2ccccc2Br)n1N. The zero-order valence-corrected chi connectivity index (χ0v) is 12.2. The van der Waals surface area contributed by atoms with Crippen LogP contribution in [0, 0.1) is 0 Å². The Morgan fingerprint density at radius 2 is 2.17 bits per heavy atom. The fraction of sp³-hybridized carbons (Fsp3) is 0.273. The molecule has 1 heterocycles. The summed E-state index contributed by atoms with van der Waals surface area (Å²) in [6, 6.07) is 7.77. The third-order valence-corrected chi connectivity index (χ3v) is 3.90. The quantitative estimate of drug-likeness (QED) is 0.517. The maximum Gasteiger partial charge on any atom is 0.210 e. The first-order chi connectivity index (χ1) is 8.74. The standard InChI is InChI=1S/C11H13BrN4OS/c1-17-6-7-18-11-15-14-10(16(11)13)8-4-2-3-5-9(8)12/h2-5H,6-7,13H2,1H3. The molecule has 0 atom stereocenters. The summed E-state index contributed by atoms with van der Waals surface area (Å²) in [6.45, 7) is 0.655. The third-order valence-electron chi connectivity index (χ3n) is 2.30. The van der Waals surface area contributed by atoms with Crippen LogP contribution in [-0.2, 0) is 4.74 Å². The van der Waals surface area contributed by atoms with Crippen molar-refractivity contribution in [3.05, 3.63) is 28.7 Å². The lowest BCUT2D eigenvalue weighted by molar-refractivity contribution is 0.218. The summed E-state index contributed by atoms with van der Waals surface area (Å²) in [4.78, 5) is 0. The van der Waals surface area contributed by atoms with E-state index in [9.17, 15) is 0 Å². The number of hydrogen-bond donors (Lipinski definition) is 1. The molecule has 0 saturated carbocycles. The molecule has 0 aliphatic heterocycles. The van der Waals surface area contributed by atoms with Gasteiger partial charge in [0.05, 0.1) is 6.61 Å².